The Labute approximate surface area is 97.3 Å². The summed E-state index contributed by atoms with van der Waals surface area (Å²) >= 11 is 5.64. The number of benzene rings is 1. The quantitative estimate of drug-likeness (QED) is 0.871. The van der Waals surface area contributed by atoms with Gasteiger partial charge in [0.25, 0.3) is 0 Å². The minimum Gasteiger partial charge on any atom is -0.382 e. The van der Waals surface area contributed by atoms with Crippen LogP contribution in [0.1, 0.15) is 17.4 Å². The molecule has 0 saturated heterocycles. The van der Waals surface area contributed by atoms with Crippen molar-refractivity contribution in [1.29, 1.82) is 0 Å². The van der Waals surface area contributed by atoms with Gasteiger partial charge in [0.05, 0.1) is 10.7 Å². The fraction of sp³-hybridized carbons (Fsp3) is 0.0833. The zero-order chi connectivity index (χ0) is 11.5. The Morgan fingerprint density at radius 1 is 1.25 bits per heavy atom. The Bertz CT molecular complexity index is 490. The minimum absolute atomic E-state index is 0.00696. The predicted molar refractivity (Wildman–Crippen MR) is 59.7 cm³/mol. The van der Waals surface area contributed by atoms with E-state index in [1.54, 1.807) is 24.4 Å². The molecule has 2 aromatic rings. The van der Waals surface area contributed by atoms with Crippen LogP contribution in [0.5, 0.6) is 0 Å². The third-order valence-electron chi connectivity index (χ3n) is 2.23. The van der Waals surface area contributed by atoms with E-state index < -0.39 is 11.9 Å². The maximum atomic E-state index is 12.9. The second-order valence-corrected chi connectivity index (χ2v) is 3.74. The molecule has 1 aromatic heterocycles. The molecule has 0 saturated carbocycles. The first kappa shape index (κ1) is 11.0. The second kappa shape index (κ2) is 4.60. The number of aliphatic hydroxyl groups is 1. The molecular formula is C12H9ClFNO. The van der Waals surface area contributed by atoms with Crippen molar-refractivity contribution >= 4 is 11.6 Å². The molecule has 82 valence electrons. The summed E-state index contributed by atoms with van der Waals surface area (Å²) in [6, 6.07) is 9.34. The number of hydrogen-bond acceptors (Lipinski definition) is 2. The topological polar surface area (TPSA) is 33.1 Å². The molecule has 0 radical (unpaired) electrons. The molecule has 0 aliphatic carbocycles. The van der Waals surface area contributed by atoms with Crippen LogP contribution in [0.4, 0.5) is 4.39 Å². The molecule has 1 atom stereocenters. The minimum atomic E-state index is -0.890. The fourth-order valence-corrected chi connectivity index (χ4v) is 1.58. The molecule has 1 N–H and O–H groups in total. The fourth-order valence-electron chi connectivity index (χ4n) is 1.39. The van der Waals surface area contributed by atoms with E-state index in [4.69, 9.17) is 11.6 Å². The largest absolute Gasteiger partial charge is 0.382 e. The van der Waals surface area contributed by atoms with E-state index in [0.29, 0.717) is 11.3 Å². The van der Waals surface area contributed by atoms with Crippen molar-refractivity contribution in [3.05, 3.63) is 64.7 Å². The molecule has 2 rings (SSSR count). The summed E-state index contributed by atoms with van der Waals surface area (Å²) < 4.78 is 12.9. The Hall–Kier alpha value is -1.45. The highest BCUT2D eigenvalue weighted by Gasteiger charge is 2.12. The number of aromatic nitrogens is 1. The molecule has 0 fully saturated rings. The number of halogens is 2. The van der Waals surface area contributed by atoms with Gasteiger partial charge in [-0.1, -0.05) is 23.7 Å². The maximum absolute atomic E-state index is 12.9. The summed E-state index contributed by atoms with van der Waals surface area (Å²) in [4.78, 5) is 4.02. The first-order valence-electron chi connectivity index (χ1n) is 4.72. The average Bonchev–Trinajstić information content (AvgIpc) is 2.33. The van der Waals surface area contributed by atoms with Gasteiger partial charge in [-0.05, 0) is 29.8 Å². The number of aliphatic hydroxyl groups excluding tert-OH is 1. The molecular weight excluding hydrogens is 229 g/mol. The predicted octanol–water partition coefficient (Wildman–Crippen LogP) is 2.96. The summed E-state index contributed by atoms with van der Waals surface area (Å²) in [6.07, 6.45) is 0.697. The number of pyridine rings is 1. The SMILES string of the molecule is O[C@H](c1ccc(F)c(Cl)c1)c1ccccn1. The van der Waals surface area contributed by atoms with E-state index in [0.717, 1.165) is 0 Å². The smallest absolute Gasteiger partial charge is 0.141 e. The number of nitrogens with zero attached hydrogens (tertiary/aromatic N) is 1. The zero-order valence-electron chi connectivity index (χ0n) is 8.27. The van der Waals surface area contributed by atoms with Crippen LogP contribution >= 0.6 is 11.6 Å². The number of hydrogen-bond donors (Lipinski definition) is 1. The molecule has 0 bridgehead atoms. The van der Waals surface area contributed by atoms with Gasteiger partial charge in [0, 0.05) is 6.20 Å². The van der Waals surface area contributed by atoms with Gasteiger partial charge in [-0.3, -0.25) is 4.98 Å². The van der Waals surface area contributed by atoms with Crippen LogP contribution in [0.25, 0.3) is 0 Å². The summed E-state index contributed by atoms with van der Waals surface area (Å²) in [5, 5.41) is 9.96. The van der Waals surface area contributed by atoms with E-state index in [1.807, 2.05) is 0 Å². The summed E-state index contributed by atoms with van der Waals surface area (Å²) in [5.41, 5.74) is 1.02. The molecule has 0 amide bonds. The first-order chi connectivity index (χ1) is 7.68. The van der Waals surface area contributed by atoms with Crippen LogP contribution < -0.4 is 0 Å². The molecule has 1 heterocycles. The lowest BCUT2D eigenvalue weighted by atomic mass is 10.1. The van der Waals surface area contributed by atoms with Crippen LogP contribution in [0.15, 0.2) is 42.6 Å². The summed E-state index contributed by atoms with van der Waals surface area (Å²) in [7, 11) is 0. The van der Waals surface area contributed by atoms with Crippen molar-refractivity contribution in [2.45, 2.75) is 6.10 Å². The normalized spacial score (nSPS) is 12.4. The van der Waals surface area contributed by atoms with Gasteiger partial charge < -0.3 is 5.11 Å². The van der Waals surface area contributed by atoms with Crippen LogP contribution in [0.2, 0.25) is 5.02 Å². The number of rotatable bonds is 2. The van der Waals surface area contributed by atoms with Gasteiger partial charge in [-0.25, -0.2) is 4.39 Å². The third kappa shape index (κ3) is 2.21. The summed E-state index contributed by atoms with van der Waals surface area (Å²) in [5.74, 6) is -0.501. The van der Waals surface area contributed by atoms with Crippen molar-refractivity contribution < 1.29 is 9.50 Å². The maximum Gasteiger partial charge on any atom is 0.141 e. The van der Waals surface area contributed by atoms with Crippen molar-refractivity contribution in [1.82, 2.24) is 4.98 Å². The highest BCUT2D eigenvalue weighted by molar-refractivity contribution is 6.30. The third-order valence-corrected chi connectivity index (χ3v) is 2.52. The Kier molecular flexibility index (Phi) is 3.17. The standard InChI is InChI=1S/C12H9ClFNO/c13-9-7-8(4-5-10(9)14)12(16)11-3-1-2-6-15-11/h1-7,12,16H/t12-/m1/s1. The molecule has 0 aliphatic heterocycles. The Balaban J connectivity index is 2.34. The average molecular weight is 238 g/mol. The lowest BCUT2D eigenvalue weighted by molar-refractivity contribution is 0.215. The van der Waals surface area contributed by atoms with E-state index in [9.17, 15) is 9.50 Å². The van der Waals surface area contributed by atoms with Gasteiger partial charge >= 0.3 is 0 Å². The molecule has 0 spiro atoms. The first-order valence-corrected chi connectivity index (χ1v) is 5.10. The van der Waals surface area contributed by atoms with E-state index >= 15 is 0 Å². The molecule has 16 heavy (non-hydrogen) atoms. The van der Waals surface area contributed by atoms with Crippen molar-refractivity contribution in [2.75, 3.05) is 0 Å². The highest BCUT2D eigenvalue weighted by Crippen LogP contribution is 2.24. The lowest BCUT2D eigenvalue weighted by Crippen LogP contribution is -2.02. The van der Waals surface area contributed by atoms with Gasteiger partial charge in [0.1, 0.15) is 11.9 Å². The summed E-state index contributed by atoms with van der Waals surface area (Å²) in [6.45, 7) is 0. The lowest BCUT2D eigenvalue weighted by Gasteiger charge is -2.10. The zero-order valence-corrected chi connectivity index (χ0v) is 9.03. The van der Waals surface area contributed by atoms with Crippen LogP contribution in [-0.4, -0.2) is 10.1 Å². The molecule has 2 nitrogen and oxygen atoms in total. The highest BCUT2D eigenvalue weighted by atomic mass is 35.5. The Morgan fingerprint density at radius 3 is 2.69 bits per heavy atom. The van der Waals surface area contributed by atoms with Crippen molar-refractivity contribution in [2.24, 2.45) is 0 Å². The monoisotopic (exact) mass is 237 g/mol. The van der Waals surface area contributed by atoms with Crippen molar-refractivity contribution in [3.8, 4) is 0 Å². The van der Waals surface area contributed by atoms with E-state index in [2.05, 4.69) is 4.98 Å². The second-order valence-electron chi connectivity index (χ2n) is 3.33. The molecule has 0 aliphatic rings. The molecule has 1 aromatic carbocycles. The molecule has 0 unspecified atom stereocenters. The van der Waals surface area contributed by atoms with Gasteiger partial charge in [-0.2, -0.15) is 0 Å². The Morgan fingerprint density at radius 2 is 2.06 bits per heavy atom. The van der Waals surface area contributed by atoms with E-state index in [1.165, 1.54) is 18.2 Å². The molecule has 4 heteroatoms. The van der Waals surface area contributed by atoms with Gasteiger partial charge in [0.15, 0.2) is 0 Å². The van der Waals surface area contributed by atoms with Gasteiger partial charge in [0.2, 0.25) is 0 Å². The van der Waals surface area contributed by atoms with E-state index in [-0.39, 0.29) is 5.02 Å². The van der Waals surface area contributed by atoms with Crippen LogP contribution in [-0.2, 0) is 0 Å². The van der Waals surface area contributed by atoms with Crippen LogP contribution in [0, 0.1) is 5.82 Å². The van der Waals surface area contributed by atoms with Gasteiger partial charge in [-0.15, -0.1) is 0 Å². The van der Waals surface area contributed by atoms with Crippen molar-refractivity contribution in [3.63, 3.8) is 0 Å². The van der Waals surface area contributed by atoms with Crippen LogP contribution in [0.3, 0.4) is 0 Å².